The molecule has 1 aromatic heterocycles. The first-order chi connectivity index (χ1) is 8.56. The second-order valence-electron chi connectivity index (χ2n) is 4.23. The first-order valence-electron chi connectivity index (χ1n) is 5.72. The van der Waals surface area contributed by atoms with E-state index in [0.29, 0.717) is 0 Å². The fourth-order valence-corrected chi connectivity index (χ4v) is 1.83. The van der Waals surface area contributed by atoms with E-state index in [-0.39, 0.29) is 6.04 Å². The van der Waals surface area contributed by atoms with Crippen molar-refractivity contribution in [2.24, 2.45) is 12.8 Å². The van der Waals surface area contributed by atoms with Gasteiger partial charge in [0, 0.05) is 18.8 Å². The van der Waals surface area contributed by atoms with E-state index in [9.17, 15) is 4.79 Å². The number of amides is 2. The van der Waals surface area contributed by atoms with Gasteiger partial charge in [0.1, 0.15) is 0 Å². The minimum absolute atomic E-state index is 0.119. The van der Waals surface area contributed by atoms with E-state index >= 15 is 0 Å². The highest BCUT2D eigenvalue weighted by Crippen LogP contribution is 2.21. The number of urea groups is 1. The Morgan fingerprint density at radius 2 is 2.22 bits per heavy atom. The summed E-state index contributed by atoms with van der Waals surface area (Å²) in [5, 5.41) is 7.00. The van der Waals surface area contributed by atoms with E-state index in [1.165, 1.54) is 0 Å². The molecule has 94 valence electrons. The molecular weight excluding hydrogens is 228 g/mol. The number of hydrogen-bond acceptors (Lipinski definition) is 2. The molecule has 3 N–H and O–H groups in total. The Morgan fingerprint density at radius 3 is 2.83 bits per heavy atom. The molecule has 0 saturated heterocycles. The second-order valence-corrected chi connectivity index (χ2v) is 4.23. The van der Waals surface area contributed by atoms with Crippen molar-refractivity contribution in [2.75, 3.05) is 0 Å². The van der Waals surface area contributed by atoms with E-state index in [4.69, 9.17) is 5.73 Å². The van der Waals surface area contributed by atoms with Crippen LogP contribution >= 0.6 is 0 Å². The van der Waals surface area contributed by atoms with Gasteiger partial charge in [-0.25, -0.2) is 4.79 Å². The maximum atomic E-state index is 10.8. The lowest BCUT2D eigenvalue weighted by Gasteiger charge is -2.13. The molecule has 0 aliphatic rings. The molecule has 0 aliphatic carbocycles. The molecule has 1 aromatic carbocycles. The molecule has 5 heteroatoms. The normalized spacial score (nSPS) is 12.1. The maximum Gasteiger partial charge on any atom is 0.312 e. The van der Waals surface area contributed by atoms with Crippen LogP contribution in [0.25, 0.3) is 11.3 Å². The minimum atomic E-state index is -0.522. The highest BCUT2D eigenvalue weighted by molar-refractivity contribution is 5.72. The number of aryl methyl sites for hydroxylation is 1. The highest BCUT2D eigenvalue weighted by atomic mass is 16.2. The van der Waals surface area contributed by atoms with Gasteiger partial charge in [-0.05, 0) is 24.6 Å². The Bertz CT molecular complexity index is 562. The van der Waals surface area contributed by atoms with Crippen molar-refractivity contribution in [1.82, 2.24) is 15.1 Å². The summed E-state index contributed by atoms with van der Waals surface area (Å²) in [6.45, 7) is 1.89. The van der Waals surface area contributed by atoms with Crippen LogP contribution in [0.4, 0.5) is 4.79 Å². The SMILES string of the molecule is CC(NC(N)=O)c1cccc(-c2ccn(C)n2)c1. The molecule has 0 radical (unpaired) electrons. The standard InChI is InChI=1S/C13H16N4O/c1-9(15-13(14)18)10-4-3-5-11(8-10)12-6-7-17(2)16-12/h3-9H,1-2H3,(H3,14,15,18). The number of benzene rings is 1. The van der Waals surface area contributed by atoms with Crippen LogP contribution in [0.1, 0.15) is 18.5 Å². The molecule has 2 rings (SSSR count). The Balaban J connectivity index is 2.27. The maximum absolute atomic E-state index is 10.8. The summed E-state index contributed by atoms with van der Waals surface area (Å²) < 4.78 is 1.76. The number of carbonyl (C=O) groups excluding carboxylic acids is 1. The van der Waals surface area contributed by atoms with Gasteiger partial charge in [0.05, 0.1) is 11.7 Å². The largest absolute Gasteiger partial charge is 0.352 e. The van der Waals surface area contributed by atoms with Crippen LogP contribution < -0.4 is 11.1 Å². The van der Waals surface area contributed by atoms with Gasteiger partial charge >= 0.3 is 6.03 Å². The molecule has 0 fully saturated rings. The first-order valence-corrected chi connectivity index (χ1v) is 5.72. The molecule has 1 heterocycles. The highest BCUT2D eigenvalue weighted by Gasteiger charge is 2.09. The molecule has 0 bridgehead atoms. The van der Waals surface area contributed by atoms with Crippen molar-refractivity contribution >= 4 is 6.03 Å². The predicted molar refractivity (Wildman–Crippen MR) is 69.8 cm³/mol. The van der Waals surface area contributed by atoms with Crippen molar-refractivity contribution < 1.29 is 4.79 Å². The van der Waals surface area contributed by atoms with Crippen molar-refractivity contribution in [3.8, 4) is 11.3 Å². The Kier molecular flexibility index (Phi) is 3.32. The van der Waals surface area contributed by atoms with Crippen LogP contribution in [0, 0.1) is 0 Å². The summed E-state index contributed by atoms with van der Waals surface area (Å²) in [6, 6.07) is 9.19. The molecule has 2 aromatic rings. The minimum Gasteiger partial charge on any atom is -0.352 e. The van der Waals surface area contributed by atoms with Gasteiger partial charge in [-0.1, -0.05) is 18.2 Å². The lowest BCUT2D eigenvalue weighted by molar-refractivity contribution is 0.246. The van der Waals surface area contributed by atoms with E-state index in [1.54, 1.807) is 4.68 Å². The number of nitrogens with one attached hydrogen (secondary N) is 1. The Labute approximate surface area is 106 Å². The lowest BCUT2D eigenvalue weighted by Crippen LogP contribution is -2.31. The molecule has 0 aliphatic heterocycles. The van der Waals surface area contributed by atoms with Gasteiger partial charge in [-0.2, -0.15) is 5.10 Å². The van der Waals surface area contributed by atoms with Gasteiger partial charge in [-0.15, -0.1) is 0 Å². The van der Waals surface area contributed by atoms with Crippen LogP contribution in [-0.4, -0.2) is 15.8 Å². The van der Waals surface area contributed by atoms with Gasteiger partial charge in [-0.3, -0.25) is 4.68 Å². The molecule has 2 amide bonds. The summed E-state index contributed by atoms with van der Waals surface area (Å²) in [5.41, 5.74) is 8.04. The predicted octanol–water partition coefficient (Wildman–Crippen LogP) is 1.82. The average molecular weight is 244 g/mol. The molecule has 0 spiro atoms. The molecular formula is C13H16N4O. The molecule has 0 saturated carbocycles. The van der Waals surface area contributed by atoms with Crippen LogP contribution in [0.15, 0.2) is 36.5 Å². The van der Waals surface area contributed by atoms with Gasteiger partial charge < -0.3 is 11.1 Å². The van der Waals surface area contributed by atoms with E-state index < -0.39 is 6.03 Å². The number of nitrogens with zero attached hydrogens (tertiary/aromatic N) is 2. The summed E-state index contributed by atoms with van der Waals surface area (Å²) >= 11 is 0. The summed E-state index contributed by atoms with van der Waals surface area (Å²) in [4.78, 5) is 10.8. The average Bonchev–Trinajstić information content (AvgIpc) is 2.75. The smallest absolute Gasteiger partial charge is 0.312 e. The summed E-state index contributed by atoms with van der Waals surface area (Å²) in [7, 11) is 1.88. The third kappa shape index (κ3) is 2.68. The van der Waals surface area contributed by atoms with Crippen LogP contribution in [0.2, 0.25) is 0 Å². The number of hydrogen-bond donors (Lipinski definition) is 2. The zero-order chi connectivity index (χ0) is 13.1. The number of primary amides is 1. The second kappa shape index (κ2) is 4.91. The monoisotopic (exact) mass is 244 g/mol. The van der Waals surface area contributed by atoms with Crippen molar-refractivity contribution in [2.45, 2.75) is 13.0 Å². The Morgan fingerprint density at radius 1 is 1.44 bits per heavy atom. The number of rotatable bonds is 3. The molecule has 1 atom stereocenters. The number of aromatic nitrogens is 2. The van der Waals surface area contributed by atoms with Crippen molar-refractivity contribution in [1.29, 1.82) is 0 Å². The van der Waals surface area contributed by atoms with Crippen molar-refractivity contribution in [3.05, 3.63) is 42.1 Å². The quantitative estimate of drug-likeness (QED) is 0.864. The summed E-state index contributed by atoms with van der Waals surface area (Å²) in [6.07, 6.45) is 1.90. The third-order valence-corrected chi connectivity index (χ3v) is 2.75. The van der Waals surface area contributed by atoms with Crippen LogP contribution in [0.5, 0.6) is 0 Å². The Hall–Kier alpha value is -2.30. The van der Waals surface area contributed by atoms with E-state index in [2.05, 4.69) is 10.4 Å². The zero-order valence-corrected chi connectivity index (χ0v) is 10.4. The number of nitrogens with two attached hydrogens (primary N) is 1. The fourth-order valence-electron chi connectivity index (χ4n) is 1.83. The van der Waals surface area contributed by atoms with Gasteiger partial charge in [0.2, 0.25) is 0 Å². The third-order valence-electron chi connectivity index (χ3n) is 2.75. The van der Waals surface area contributed by atoms with Gasteiger partial charge in [0.15, 0.2) is 0 Å². The van der Waals surface area contributed by atoms with E-state index in [0.717, 1.165) is 16.8 Å². The van der Waals surface area contributed by atoms with Gasteiger partial charge in [0.25, 0.3) is 0 Å². The molecule has 18 heavy (non-hydrogen) atoms. The topological polar surface area (TPSA) is 72.9 Å². The zero-order valence-electron chi connectivity index (χ0n) is 10.4. The number of carbonyl (C=O) groups is 1. The van der Waals surface area contributed by atoms with Crippen LogP contribution in [-0.2, 0) is 7.05 Å². The van der Waals surface area contributed by atoms with Crippen LogP contribution in [0.3, 0.4) is 0 Å². The fraction of sp³-hybridized carbons (Fsp3) is 0.231. The lowest BCUT2D eigenvalue weighted by atomic mass is 10.0. The summed E-state index contributed by atoms with van der Waals surface area (Å²) in [5.74, 6) is 0. The molecule has 5 nitrogen and oxygen atoms in total. The van der Waals surface area contributed by atoms with E-state index in [1.807, 2.05) is 50.5 Å². The molecule has 1 unspecified atom stereocenters. The first kappa shape index (κ1) is 12.2. The van der Waals surface area contributed by atoms with Crippen molar-refractivity contribution in [3.63, 3.8) is 0 Å².